The summed E-state index contributed by atoms with van der Waals surface area (Å²) in [5.41, 5.74) is 1.17. The summed E-state index contributed by atoms with van der Waals surface area (Å²) in [6, 6.07) is 2.11. The molecular formula is C14H22N4O. The summed E-state index contributed by atoms with van der Waals surface area (Å²) >= 11 is 0. The highest BCUT2D eigenvalue weighted by Gasteiger charge is 2.10. The highest BCUT2D eigenvalue weighted by molar-refractivity contribution is 5.21. The van der Waals surface area contributed by atoms with Crippen LogP contribution in [0.2, 0.25) is 0 Å². The Hall–Kier alpha value is -1.62. The van der Waals surface area contributed by atoms with Gasteiger partial charge >= 0.3 is 0 Å². The summed E-state index contributed by atoms with van der Waals surface area (Å²) in [5.74, 6) is 3.68. The lowest BCUT2D eigenvalue weighted by Gasteiger charge is -2.00. The van der Waals surface area contributed by atoms with Gasteiger partial charge in [-0.25, -0.2) is 9.67 Å². The molecule has 5 heteroatoms. The minimum absolute atomic E-state index is 0.718. The number of aryl methyl sites for hydroxylation is 3. The molecule has 0 aliphatic carbocycles. The van der Waals surface area contributed by atoms with Crippen LogP contribution in [0.25, 0.3) is 0 Å². The molecular weight excluding hydrogens is 240 g/mol. The number of hydrogen-bond donors (Lipinski definition) is 1. The Balaban J connectivity index is 2.06. The monoisotopic (exact) mass is 262 g/mol. The Morgan fingerprint density at radius 2 is 2.11 bits per heavy atom. The molecule has 0 aliphatic heterocycles. The van der Waals surface area contributed by atoms with Crippen LogP contribution in [-0.2, 0) is 13.1 Å². The van der Waals surface area contributed by atoms with Crippen molar-refractivity contribution < 1.29 is 4.42 Å². The molecule has 0 aliphatic rings. The molecule has 5 nitrogen and oxygen atoms in total. The Morgan fingerprint density at radius 1 is 1.32 bits per heavy atom. The highest BCUT2D eigenvalue weighted by Crippen LogP contribution is 2.16. The zero-order valence-electron chi connectivity index (χ0n) is 12.2. The summed E-state index contributed by atoms with van der Waals surface area (Å²) in [4.78, 5) is 4.31. The highest BCUT2D eigenvalue weighted by atomic mass is 16.3. The SMILES string of the molecule is CCCNCc1cc(Cn2nc(C)nc2C)c(C)o1. The van der Waals surface area contributed by atoms with E-state index in [-0.39, 0.29) is 0 Å². The van der Waals surface area contributed by atoms with E-state index < -0.39 is 0 Å². The molecule has 0 aromatic carbocycles. The number of nitrogens with one attached hydrogen (secondary N) is 1. The molecule has 0 spiro atoms. The maximum Gasteiger partial charge on any atom is 0.147 e. The van der Waals surface area contributed by atoms with Crippen molar-refractivity contribution in [2.45, 2.75) is 47.2 Å². The van der Waals surface area contributed by atoms with E-state index in [1.807, 2.05) is 25.5 Å². The Morgan fingerprint density at radius 3 is 2.74 bits per heavy atom. The maximum atomic E-state index is 5.76. The lowest BCUT2D eigenvalue weighted by atomic mass is 10.2. The molecule has 0 unspecified atom stereocenters. The molecule has 2 aromatic rings. The third-order valence-corrected chi connectivity index (χ3v) is 3.08. The third kappa shape index (κ3) is 3.44. The fourth-order valence-corrected chi connectivity index (χ4v) is 2.09. The Labute approximate surface area is 114 Å². The van der Waals surface area contributed by atoms with Crippen LogP contribution in [0.15, 0.2) is 10.5 Å². The second kappa shape index (κ2) is 6.02. The van der Waals surface area contributed by atoms with E-state index in [0.717, 1.165) is 49.2 Å². The first-order valence-corrected chi connectivity index (χ1v) is 6.77. The van der Waals surface area contributed by atoms with E-state index in [1.165, 1.54) is 5.56 Å². The molecule has 0 bridgehead atoms. The molecule has 0 radical (unpaired) electrons. The van der Waals surface area contributed by atoms with Crippen molar-refractivity contribution in [2.24, 2.45) is 0 Å². The van der Waals surface area contributed by atoms with E-state index >= 15 is 0 Å². The first-order valence-electron chi connectivity index (χ1n) is 6.77. The third-order valence-electron chi connectivity index (χ3n) is 3.08. The van der Waals surface area contributed by atoms with E-state index in [0.29, 0.717) is 0 Å². The molecule has 19 heavy (non-hydrogen) atoms. The van der Waals surface area contributed by atoms with Crippen LogP contribution < -0.4 is 5.32 Å². The number of aromatic nitrogens is 3. The van der Waals surface area contributed by atoms with Gasteiger partial charge in [-0.15, -0.1) is 0 Å². The summed E-state index contributed by atoms with van der Waals surface area (Å²) in [6.07, 6.45) is 1.13. The lowest BCUT2D eigenvalue weighted by molar-refractivity contribution is 0.458. The number of furan rings is 1. The zero-order valence-corrected chi connectivity index (χ0v) is 12.2. The molecule has 104 valence electrons. The first-order chi connectivity index (χ1) is 9.10. The van der Waals surface area contributed by atoms with Crippen molar-refractivity contribution in [1.82, 2.24) is 20.1 Å². The first kappa shape index (κ1) is 13.8. The quantitative estimate of drug-likeness (QED) is 0.812. The van der Waals surface area contributed by atoms with Gasteiger partial charge in [-0.2, -0.15) is 5.10 Å². The summed E-state index contributed by atoms with van der Waals surface area (Å²) in [5, 5.41) is 7.72. The van der Waals surface area contributed by atoms with E-state index in [1.54, 1.807) is 0 Å². The minimum atomic E-state index is 0.718. The number of hydrogen-bond acceptors (Lipinski definition) is 4. The van der Waals surface area contributed by atoms with Crippen LogP contribution in [0, 0.1) is 20.8 Å². The normalized spacial score (nSPS) is 11.2. The van der Waals surface area contributed by atoms with Crippen LogP contribution >= 0.6 is 0 Å². The van der Waals surface area contributed by atoms with Crippen molar-refractivity contribution in [3.05, 3.63) is 34.8 Å². The van der Waals surface area contributed by atoms with Gasteiger partial charge in [0, 0.05) is 5.56 Å². The predicted octanol–water partition coefficient (Wildman–Crippen LogP) is 2.34. The van der Waals surface area contributed by atoms with Crippen molar-refractivity contribution >= 4 is 0 Å². The molecule has 2 rings (SSSR count). The standard InChI is InChI=1S/C14H22N4O/c1-5-6-15-8-14-7-13(10(2)19-14)9-18-12(4)16-11(3)17-18/h7,15H,5-6,8-9H2,1-4H3. The topological polar surface area (TPSA) is 55.9 Å². The van der Waals surface area contributed by atoms with Crippen molar-refractivity contribution in [2.75, 3.05) is 6.54 Å². The molecule has 0 fully saturated rings. The van der Waals surface area contributed by atoms with Gasteiger partial charge in [0.1, 0.15) is 23.2 Å². The van der Waals surface area contributed by atoms with E-state index in [2.05, 4.69) is 28.4 Å². The van der Waals surface area contributed by atoms with Crippen LogP contribution in [0.4, 0.5) is 0 Å². The van der Waals surface area contributed by atoms with Gasteiger partial charge in [-0.3, -0.25) is 0 Å². The van der Waals surface area contributed by atoms with Gasteiger partial charge in [0.25, 0.3) is 0 Å². The van der Waals surface area contributed by atoms with Crippen molar-refractivity contribution in [1.29, 1.82) is 0 Å². The van der Waals surface area contributed by atoms with Crippen LogP contribution in [-0.4, -0.2) is 21.3 Å². The van der Waals surface area contributed by atoms with Gasteiger partial charge in [0.2, 0.25) is 0 Å². The molecule has 0 saturated heterocycles. The predicted molar refractivity (Wildman–Crippen MR) is 74.0 cm³/mol. The van der Waals surface area contributed by atoms with Crippen molar-refractivity contribution in [3.8, 4) is 0 Å². The fourth-order valence-electron chi connectivity index (χ4n) is 2.09. The molecule has 0 amide bonds. The largest absolute Gasteiger partial charge is 0.465 e. The minimum Gasteiger partial charge on any atom is -0.465 e. The van der Waals surface area contributed by atoms with Crippen LogP contribution in [0.5, 0.6) is 0 Å². The van der Waals surface area contributed by atoms with Gasteiger partial charge in [0.15, 0.2) is 0 Å². The van der Waals surface area contributed by atoms with Gasteiger partial charge in [-0.05, 0) is 39.8 Å². The van der Waals surface area contributed by atoms with Gasteiger partial charge < -0.3 is 9.73 Å². The summed E-state index contributed by atoms with van der Waals surface area (Å²) in [6.45, 7) is 10.5. The molecule has 0 atom stereocenters. The second-order valence-corrected chi connectivity index (χ2v) is 4.83. The van der Waals surface area contributed by atoms with E-state index in [4.69, 9.17) is 4.42 Å². The molecule has 2 heterocycles. The maximum absolute atomic E-state index is 5.76. The Kier molecular flexibility index (Phi) is 4.37. The number of nitrogens with zero attached hydrogens (tertiary/aromatic N) is 3. The average molecular weight is 262 g/mol. The second-order valence-electron chi connectivity index (χ2n) is 4.83. The zero-order chi connectivity index (χ0) is 13.8. The van der Waals surface area contributed by atoms with E-state index in [9.17, 15) is 0 Å². The Bertz CT molecular complexity index is 542. The molecule has 2 aromatic heterocycles. The lowest BCUT2D eigenvalue weighted by Crippen LogP contribution is -2.13. The average Bonchev–Trinajstić information content (AvgIpc) is 2.84. The van der Waals surface area contributed by atoms with Gasteiger partial charge in [0.05, 0.1) is 13.1 Å². The summed E-state index contributed by atoms with van der Waals surface area (Å²) < 4.78 is 7.67. The molecule has 0 saturated carbocycles. The smallest absolute Gasteiger partial charge is 0.147 e. The number of rotatable bonds is 6. The van der Waals surface area contributed by atoms with Crippen LogP contribution in [0.3, 0.4) is 0 Å². The van der Waals surface area contributed by atoms with Gasteiger partial charge in [-0.1, -0.05) is 6.92 Å². The fraction of sp³-hybridized carbons (Fsp3) is 0.571. The molecule has 1 N–H and O–H groups in total. The summed E-state index contributed by atoms with van der Waals surface area (Å²) in [7, 11) is 0. The van der Waals surface area contributed by atoms with Crippen LogP contribution in [0.1, 0.15) is 42.1 Å². The van der Waals surface area contributed by atoms with Crippen molar-refractivity contribution in [3.63, 3.8) is 0 Å².